The molecular formula is C23H29N3O4S. The van der Waals surface area contributed by atoms with Gasteiger partial charge in [0.05, 0.1) is 6.54 Å². The fraction of sp³-hybridized carbons (Fsp3) is 0.435. The highest BCUT2D eigenvalue weighted by atomic mass is 32.1. The summed E-state index contributed by atoms with van der Waals surface area (Å²) in [7, 11) is 0. The molecular weight excluding hydrogens is 414 g/mol. The fourth-order valence-corrected chi connectivity index (χ4v) is 4.30. The van der Waals surface area contributed by atoms with Crippen molar-refractivity contribution in [2.24, 2.45) is 0 Å². The first-order chi connectivity index (χ1) is 15.1. The number of thiophene rings is 1. The largest absolute Gasteiger partial charge is 0.382 e. The number of carbonyl (C=O) groups is 3. The fourth-order valence-electron chi connectivity index (χ4n) is 3.60. The van der Waals surface area contributed by atoms with E-state index in [0.717, 1.165) is 10.4 Å². The van der Waals surface area contributed by atoms with Crippen LogP contribution in [0.15, 0.2) is 47.8 Å². The number of hydrogen-bond acceptors (Lipinski definition) is 5. The van der Waals surface area contributed by atoms with Gasteiger partial charge in [0.1, 0.15) is 12.1 Å². The molecule has 1 fully saturated rings. The molecule has 3 amide bonds. The molecule has 1 saturated heterocycles. The van der Waals surface area contributed by atoms with E-state index in [1.54, 1.807) is 4.90 Å². The van der Waals surface area contributed by atoms with Crippen LogP contribution in [-0.2, 0) is 25.7 Å². The topological polar surface area (TPSA) is 87.7 Å². The number of nitrogens with one attached hydrogen (secondary N) is 2. The van der Waals surface area contributed by atoms with Crippen LogP contribution in [0.1, 0.15) is 42.7 Å². The van der Waals surface area contributed by atoms with E-state index in [0.29, 0.717) is 45.6 Å². The third-order valence-corrected chi connectivity index (χ3v) is 5.99. The van der Waals surface area contributed by atoms with Crippen molar-refractivity contribution >= 4 is 29.1 Å². The van der Waals surface area contributed by atoms with Gasteiger partial charge in [0, 0.05) is 31.1 Å². The summed E-state index contributed by atoms with van der Waals surface area (Å²) in [5.74, 6) is -0.611. The normalized spacial score (nSPS) is 16.5. The molecule has 8 heteroatoms. The number of benzene rings is 1. The number of ether oxygens (including phenoxy) is 1. The van der Waals surface area contributed by atoms with E-state index in [4.69, 9.17) is 4.74 Å². The quantitative estimate of drug-likeness (QED) is 0.523. The minimum absolute atomic E-state index is 0.133. The Bertz CT molecular complexity index is 857. The van der Waals surface area contributed by atoms with Gasteiger partial charge in [-0.3, -0.25) is 14.4 Å². The summed E-state index contributed by atoms with van der Waals surface area (Å²) in [5.41, 5.74) is 0.735. The van der Waals surface area contributed by atoms with Crippen molar-refractivity contribution < 1.29 is 19.1 Å². The van der Waals surface area contributed by atoms with E-state index in [1.165, 1.54) is 11.3 Å². The van der Waals surface area contributed by atoms with Crippen LogP contribution in [0.25, 0.3) is 0 Å². The second-order valence-corrected chi connectivity index (χ2v) is 8.39. The Balaban J connectivity index is 1.85. The molecule has 7 nitrogen and oxygen atoms in total. The predicted octanol–water partition coefficient (Wildman–Crippen LogP) is 2.64. The molecule has 1 aliphatic rings. The zero-order valence-corrected chi connectivity index (χ0v) is 18.5. The number of amides is 3. The van der Waals surface area contributed by atoms with Crippen molar-refractivity contribution in [2.75, 3.05) is 19.8 Å². The highest BCUT2D eigenvalue weighted by Gasteiger charge is 2.37. The summed E-state index contributed by atoms with van der Waals surface area (Å²) in [5, 5.41) is 7.65. The maximum absolute atomic E-state index is 13.5. The molecule has 166 valence electrons. The monoisotopic (exact) mass is 443 g/mol. The van der Waals surface area contributed by atoms with Crippen LogP contribution in [0.2, 0.25) is 0 Å². The third kappa shape index (κ3) is 6.38. The Hall–Kier alpha value is -2.71. The van der Waals surface area contributed by atoms with Gasteiger partial charge >= 0.3 is 0 Å². The summed E-state index contributed by atoms with van der Waals surface area (Å²) in [4.78, 5) is 41.1. The molecule has 1 aromatic heterocycles. The van der Waals surface area contributed by atoms with Crippen LogP contribution in [0.3, 0.4) is 0 Å². The standard InChI is InChI=1S/C23H29N3O4S/c1-2-30-14-7-13-24-22(28)21(17-8-4-3-5-9-17)26(16-18-10-6-15-31-18)23(29)19-11-12-20(27)25-19/h3-6,8-10,15,19,21H,2,7,11-14,16H2,1H3,(H,24,28)(H,25,27)/t19-,21-/m1/s1. The molecule has 0 unspecified atom stereocenters. The van der Waals surface area contributed by atoms with Gasteiger partial charge in [-0.2, -0.15) is 0 Å². The molecule has 0 radical (unpaired) electrons. The summed E-state index contributed by atoms with van der Waals surface area (Å²) < 4.78 is 5.34. The number of hydrogen-bond donors (Lipinski definition) is 2. The Morgan fingerprint density at radius 3 is 2.71 bits per heavy atom. The van der Waals surface area contributed by atoms with Crippen molar-refractivity contribution in [3.63, 3.8) is 0 Å². The maximum Gasteiger partial charge on any atom is 0.247 e. The lowest BCUT2D eigenvalue weighted by atomic mass is 10.0. The number of nitrogens with zero attached hydrogens (tertiary/aromatic N) is 1. The molecule has 1 aliphatic heterocycles. The van der Waals surface area contributed by atoms with Crippen molar-refractivity contribution in [1.29, 1.82) is 0 Å². The summed E-state index contributed by atoms with van der Waals surface area (Å²) in [6.07, 6.45) is 1.46. The van der Waals surface area contributed by atoms with Gasteiger partial charge in [0.15, 0.2) is 0 Å². The molecule has 0 spiro atoms. The Labute approximate surface area is 186 Å². The molecule has 2 aromatic rings. The SMILES string of the molecule is CCOCCCNC(=O)[C@@H](c1ccccc1)N(Cc1cccs1)C(=O)[C@H]1CCC(=O)N1. The molecule has 0 bridgehead atoms. The first-order valence-electron chi connectivity index (χ1n) is 10.6. The van der Waals surface area contributed by atoms with Gasteiger partial charge in [-0.1, -0.05) is 36.4 Å². The molecule has 2 N–H and O–H groups in total. The van der Waals surface area contributed by atoms with Gasteiger partial charge < -0.3 is 20.3 Å². The van der Waals surface area contributed by atoms with Gasteiger partial charge in [-0.25, -0.2) is 0 Å². The van der Waals surface area contributed by atoms with E-state index >= 15 is 0 Å². The minimum atomic E-state index is -0.791. The highest BCUT2D eigenvalue weighted by Crippen LogP contribution is 2.27. The lowest BCUT2D eigenvalue weighted by Crippen LogP contribution is -2.49. The number of carbonyl (C=O) groups excluding carboxylic acids is 3. The average molecular weight is 444 g/mol. The zero-order chi connectivity index (χ0) is 22.1. The van der Waals surface area contributed by atoms with Crippen molar-refractivity contribution in [3.8, 4) is 0 Å². The predicted molar refractivity (Wildman–Crippen MR) is 119 cm³/mol. The van der Waals surface area contributed by atoms with E-state index in [-0.39, 0.29) is 17.7 Å². The van der Waals surface area contributed by atoms with Crippen LogP contribution < -0.4 is 10.6 Å². The van der Waals surface area contributed by atoms with E-state index in [1.807, 2.05) is 54.8 Å². The van der Waals surface area contributed by atoms with Crippen LogP contribution in [-0.4, -0.2) is 48.4 Å². The van der Waals surface area contributed by atoms with Crippen LogP contribution in [0.4, 0.5) is 0 Å². The van der Waals surface area contributed by atoms with Crippen molar-refractivity contribution in [2.45, 2.75) is 44.8 Å². The first-order valence-corrected chi connectivity index (χ1v) is 11.5. The lowest BCUT2D eigenvalue weighted by Gasteiger charge is -2.33. The molecule has 31 heavy (non-hydrogen) atoms. The second kappa shape index (κ2) is 11.6. The Morgan fingerprint density at radius 1 is 1.26 bits per heavy atom. The summed E-state index contributed by atoms with van der Waals surface area (Å²) in [6, 6.07) is 11.8. The molecule has 0 aliphatic carbocycles. The van der Waals surface area contributed by atoms with E-state index < -0.39 is 12.1 Å². The minimum Gasteiger partial charge on any atom is -0.382 e. The second-order valence-electron chi connectivity index (χ2n) is 7.36. The average Bonchev–Trinajstić information content (AvgIpc) is 3.45. The van der Waals surface area contributed by atoms with Gasteiger partial charge in [0.25, 0.3) is 0 Å². The first kappa shape index (κ1) is 23.0. The van der Waals surface area contributed by atoms with Crippen LogP contribution >= 0.6 is 11.3 Å². The van der Waals surface area contributed by atoms with Crippen molar-refractivity contribution in [3.05, 3.63) is 58.3 Å². The van der Waals surface area contributed by atoms with Crippen LogP contribution in [0, 0.1) is 0 Å². The van der Waals surface area contributed by atoms with Crippen molar-refractivity contribution in [1.82, 2.24) is 15.5 Å². The maximum atomic E-state index is 13.5. The van der Waals surface area contributed by atoms with Gasteiger partial charge in [0.2, 0.25) is 17.7 Å². The summed E-state index contributed by atoms with van der Waals surface area (Å²) >= 11 is 1.53. The third-order valence-electron chi connectivity index (χ3n) is 5.13. The summed E-state index contributed by atoms with van der Waals surface area (Å²) in [6.45, 7) is 3.90. The molecule has 2 atom stereocenters. The Kier molecular flexibility index (Phi) is 8.61. The Morgan fingerprint density at radius 2 is 2.06 bits per heavy atom. The molecule has 0 saturated carbocycles. The smallest absolute Gasteiger partial charge is 0.247 e. The lowest BCUT2D eigenvalue weighted by molar-refractivity contribution is -0.143. The zero-order valence-electron chi connectivity index (χ0n) is 17.7. The molecule has 1 aromatic carbocycles. The highest BCUT2D eigenvalue weighted by molar-refractivity contribution is 7.09. The molecule has 3 rings (SSSR count). The van der Waals surface area contributed by atoms with Crippen LogP contribution in [0.5, 0.6) is 0 Å². The van der Waals surface area contributed by atoms with Gasteiger partial charge in [-0.05, 0) is 36.8 Å². The van der Waals surface area contributed by atoms with E-state index in [2.05, 4.69) is 10.6 Å². The number of rotatable bonds is 11. The molecule has 2 heterocycles. The van der Waals surface area contributed by atoms with Gasteiger partial charge in [-0.15, -0.1) is 11.3 Å². The van der Waals surface area contributed by atoms with E-state index in [9.17, 15) is 14.4 Å².